The van der Waals surface area contributed by atoms with E-state index < -0.39 is 21.0 Å². The van der Waals surface area contributed by atoms with Gasteiger partial charge in [-0.3, -0.25) is 4.79 Å². The predicted octanol–water partition coefficient (Wildman–Crippen LogP) is 1.97. The molecule has 23 heavy (non-hydrogen) atoms. The van der Waals surface area contributed by atoms with Gasteiger partial charge in [0.15, 0.2) is 9.84 Å². The molecule has 0 aromatic heterocycles. The summed E-state index contributed by atoms with van der Waals surface area (Å²) >= 11 is 0. The molecule has 0 bridgehead atoms. The zero-order valence-electron chi connectivity index (χ0n) is 14.5. The lowest BCUT2D eigenvalue weighted by Gasteiger charge is -2.15. The van der Waals surface area contributed by atoms with Crippen molar-refractivity contribution in [3.63, 3.8) is 0 Å². The number of sulfone groups is 1. The van der Waals surface area contributed by atoms with Crippen LogP contribution < -0.4 is 5.32 Å². The van der Waals surface area contributed by atoms with Gasteiger partial charge in [-0.05, 0) is 38.1 Å². The van der Waals surface area contributed by atoms with Crippen LogP contribution in [0.25, 0.3) is 0 Å². The van der Waals surface area contributed by atoms with E-state index in [4.69, 9.17) is 0 Å². The lowest BCUT2D eigenvalue weighted by Crippen LogP contribution is -2.38. The number of benzene rings is 1. The first-order valence-electron chi connectivity index (χ1n) is 8.05. The van der Waals surface area contributed by atoms with Crippen molar-refractivity contribution in [3.8, 4) is 0 Å². The van der Waals surface area contributed by atoms with Crippen LogP contribution in [0.4, 0.5) is 0 Å². The molecule has 1 amide bonds. The van der Waals surface area contributed by atoms with Crippen molar-refractivity contribution in [3.05, 3.63) is 35.4 Å². The van der Waals surface area contributed by atoms with E-state index in [-0.39, 0.29) is 5.75 Å². The van der Waals surface area contributed by atoms with E-state index in [1.54, 1.807) is 6.92 Å². The molecule has 0 aliphatic carbocycles. The van der Waals surface area contributed by atoms with Crippen LogP contribution >= 0.6 is 0 Å². The van der Waals surface area contributed by atoms with Crippen LogP contribution in [-0.4, -0.2) is 43.8 Å². The molecule has 1 aromatic carbocycles. The number of hydrogen-bond donors (Lipinski definition) is 1. The monoisotopic (exact) mass is 340 g/mol. The van der Waals surface area contributed by atoms with Crippen molar-refractivity contribution in [1.82, 2.24) is 10.2 Å². The van der Waals surface area contributed by atoms with Gasteiger partial charge in [-0.1, -0.05) is 38.1 Å². The highest BCUT2D eigenvalue weighted by Gasteiger charge is 2.26. The molecular weight excluding hydrogens is 312 g/mol. The molecule has 1 rings (SSSR count). The molecule has 1 aromatic rings. The van der Waals surface area contributed by atoms with Gasteiger partial charge in [-0.25, -0.2) is 8.42 Å². The van der Waals surface area contributed by atoms with Crippen molar-refractivity contribution in [2.24, 2.45) is 0 Å². The number of carbonyl (C=O) groups is 1. The summed E-state index contributed by atoms with van der Waals surface area (Å²) in [4.78, 5) is 14.2. The molecule has 1 atom stereocenters. The Morgan fingerprint density at radius 3 is 2.52 bits per heavy atom. The molecule has 0 radical (unpaired) electrons. The van der Waals surface area contributed by atoms with Gasteiger partial charge >= 0.3 is 0 Å². The Morgan fingerprint density at radius 1 is 1.26 bits per heavy atom. The molecule has 0 saturated carbocycles. The molecule has 1 N–H and O–H groups in total. The second-order valence-corrected chi connectivity index (χ2v) is 8.32. The molecule has 6 heteroatoms. The summed E-state index contributed by atoms with van der Waals surface area (Å²) < 4.78 is 23.9. The summed E-state index contributed by atoms with van der Waals surface area (Å²) in [5.41, 5.74) is 2.15. The van der Waals surface area contributed by atoms with Crippen molar-refractivity contribution >= 4 is 15.7 Å². The maximum atomic E-state index is 12.0. The largest absolute Gasteiger partial charge is 0.351 e. The predicted molar refractivity (Wildman–Crippen MR) is 93.8 cm³/mol. The number of nitrogens with one attached hydrogen (secondary N) is 1. The van der Waals surface area contributed by atoms with E-state index in [2.05, 4.69) is 24.2 Å². The maximum Gasteiger partial charge on any atom is 0.238 e. The van der Waals surface area contributed by atoms with E-state index >= 15 is 0 Å². The van der Waals surface area contributed by atoms with Gasteiger partial charge in [0, 0.05) is 13.1 Å². The highest BCUT2D eigenvalue weighted by Crippen LogP contribution is 2.09. The summed E-state index contributed by atoms with van der Waals surface area (Å²) in [7, 11) is -1.31. The minimum atomic E-state index is -3.36. The first kappa shape index (κ1) is 19.6. The molecule has 5 nitrogen and oxygen atoms in total. The van der Waals surface area contributed by atoms with Crippen molar-refractivity contribution in [1.29, 1.82) is 0 Å². The fourth-order valence-electron chi connectivity index (χ4n) is 2.22. The van der Waals surface area contributed by atoms with Gasteiger partial charge in [0.05, 0.1) is 5.75 Å². The van der Waals surface area contributed by atoms with Crippen LogP contribution in [0.3, 0.4) is 0 Å². The Labute approximate surface area is 140 Å². The average molecular weight is 340 g/mol. The van der Waals surface area contributed by atoms with Gasteiger partial charge in [-0.2, -0.15) is 0 Å². The summed E-state index contributed by atoms with van der Waals surface area (Å²) in [6.07, 6.45) is 0.521. The van der Waals surface area contributed by atoms with E-state index in [0.717, 1.165) is 18.7 Å². The fourth-order valence-corrected chi connectivity index (χ4v) is 3.55. The molecule has 0 aliphatic rings. The molecule has 0 spiro atoms. The Kier molecular flexibility index (Phi) is 7.72. The summed E-state index contributed by atoms with van der Waals surface area (Å²) in [6, 6.07) is 7.97. The lowest BCUT2D eigenvalue weighted by atomic mass is 10.1. The molecule has 0 fully saturated rings. The van der Waals surface area contributed by atoms with Crippen LogP contribution in [0, 0.1) is 0 Å². The first-order valence-corrected chi connectivity index (χ1v) is 9.77. The quantitative estimate of drug-likeness (QED) is 0.746. The van der Waals surface area contributed by atoms with Crippen molar-refractivity contribution < 1.29 is 13.2 Å². The van der Waals surface area contributed by atoms with E-state index in [0.29, 0.717) is 13.0 Å². The van der Waals surface area contributed by atoms with E-state index in [1.165, 1.54) is 12.5 Å². The highest BCUT2D eigenvalue weighted by atomic mass is 32.2. The summed E-state index contributed by atoms with van der Waals surface area (Å²) in [5, 5.41) is 1.72. The lowest BCUT2D eigenvalue weighted by molar-refractivity contribution is -0.120. The van der Waals surface area contributed by atoms with Crippen LogP contribution in [0.1, 0.15) is 38.3 Å². The van der Waals surface area contributed by atoms with Crippen LogP contribution in [-0.2, 0) is 27.7 Å². The number of carbonyl (C=O) groups excluding carboxylic acids is 1. The Balaban J connectivity index is 2.64. The van der Waals surface area contributed by atoms with Crippen molar-refractivity contribution in [2.45, 2.75) is 45.5 Å². The maximum absolute atomic E-state index is 12.0. The molecule has 0 aliphatic heterocycles. The Hall–Kier alpha value is -1.40. The zero-order valence-corrected chi connectivity index (χ0v) is 15.3. The Morgan fingerprint density at radius 2 is 1.91 bits per heavy atom. The second-order valence-electron chi connectivity index (χ2n) is 5.88. The van der Waals surface area contributed by atoms with E-state index in [9.17, 15) is 13.2 Å². The van der Waals surface area contributed by atoms with Crippen LogP contribution in [0.2, 0.25) is 0 Å². The highest BCUT2D eigenvalue weighted by molar-refractivity contribution is 7.92. The third-order valence-electron chi connectivity index (χ3n) is 3.85. The van der Waals surface area contributed by atoms with E-state index in [1.807, 2.05) is 24.3 Å². The smallest absolute Gasteiger partial charge is 0.238 e. The first-order chi connectivity index (χ1) is 10.8. The van der Waals surface area contributed by atoms with Crippen LogP contribution in [0.15, 0.2) is 24.3 Å². The Bertz CT molecular complexity index is 614. The van der Waals surface area contributed by atoms with Crippen molar-refractivity contribution in [2.75, 3.05) is 19.3 Å². The minimum absolute atomic E-state index is 0.0421. The zero-order chi connectivity index (χ0) is 17.5. The molecule has 0 heterocycles. The normalized spacial score (nSPS) is 13.1. The van der Waals surface area contributed by atoms with Crippen LogP contribution in [0.5, 0.6) is 0 Å². The molecule has 0 unspecified atom stereocenters. The average Bonchev–Trinajstić information content (AvgIpc) is 2.52. The minimum Gasteiger partial charge on any atom is -0.351 e. The summed E-state index contributed by atoms with van der Waals surface area (Å²) in [5.74, 6) is -0.394. The molecule has 0 saturated heterocycles. The van der Waals surface area contributed by atoms with Gasteiger partial charge in [0.25, 0.3) is 0 Å². The third-order valence-corrected chi connectivity index (χ3v) is 6.12. The topological polar surface area (TPSA) is 66.5 Å². The number of hydrogen-bond acceptors (Lipinski definition) is 4. The number of amides is 1. The van der Waals surface area contributed by atoms with Gasteiger partial charge < -0.3 is 10.2 Å². The molecule has 130 valence electrons. The third kappa shape index (κ3) is 6.31. The summed E-state index contributed by atoms with van der Waals surface area (Å²) in [6.45, 7) is 7.50. The molecular formula is C17H28N2O3S. The second kappa shape index (κ2) is 9.03. The number of nitrogens with zero attached hydrogens (tertiary/aromatic N) is 1. The fraction of sp³-hybridized carbons (Fsp3) is 0.588. The van der Waals surface area contributed by atoms with Gasteiger partial charge in [0.2, 0.25) is 5.91 Å². The van der Waals surface area contributed by atoms with Gasteiger partial charge in [-0.15, -0.1) is 0 Å². The SMILES string of the molecule is CCCS(=O)(=O)[C@@H](C)C(=O)NCc1cccc(CN(C)CC)c1. The number of rotatable bonds is 9. The van der Waals surface area contributed by atoms with Gasteiger partial charge in [0.1, 0.15) is 5.25 Å². The standard InChI is InChI=1S/C17H28N2O3S/c1-5-10-23(21,22)14(3)17(20)18-12-15-8-7-9-16(11-15)13-19(4)6-2/h7-9,11,14H,5-6,10,12-13H2,1-4H3,(H,18,20)/t14-/m0/s1.